The Morgan fingerprint density at radius 2 is 1.71 bits per heavy atom. The molecule has 96 valence electrons. The molecule has 0 radical (unpaired) electrons. The summed E-state index contributed by atoms with van der Waals surface area (Å²) in [4.78, 5) is 2.39. The highest BCUT2D eigenvalue weighted by atomic mass is 16.3. The van der Waals surface area contributed by atoms with E-state index in [1.165, 1.54) is 5.69 Å². The van der Waals surface area contributed by atoms with Gasteiger partial charge in [-0.3, -0.25) is 0 Å². The molecule has 0 saturated carbocycles. The van der Waals surface area contributed by atoms with Crippen LogP contribution in [0.4, 0.5) is 5.69 Å². The molecule has 0 bridgehead atoms. The van der Waals surface area contributed by atoms with Gasteiger partial charge in [-0.2, -0.15) is 0 Å². The highest BCUT2D eigenvalue weighted by Crippen LogP contribution is 2.22. The maximum absolute atomic E-state index is 9.76. The van der Waals surface area contributed by atoms with Crippen LogP contribution in [0.25, 0.3) is 0 Å². The molecule has 1 N–H and O–H groups in total. The lowest BCUT2D eigenvalue weighted by Crippen LogP contribution is -2.31. The summed E-state index contributed by atoms with van der Waals surface area (Å²) in [6.45, 7) is 9.70. The molecule has 1 aromatic rings. The minimum absolute atomic E-state index is 0.331. The van der Waals surface area contributed by atoms with Crippen LogP contribution >= 0.6 is 0 Å². The molecule has 0 saturated heterocycles. The lowest BCUT2D eigenvalue weighted by Gasteiger charge is -2.29. The first kappa shape index (κ1) is 14.0. The largest absolute Gasteiger partial charge is 0.388 e. The quantitative estimate of drug-likeness (QED) is 0.811. The molecule has 0 amide bonds. The lowest BCUT2D eigenvalue weighted by atomic mass is 10.1. The van der Waals surface area contributed by atoms with Crippen LogP contribution in [0.3, 0.4) is 0 Å². The SMILES string of the molecule is CCCN(c1ccc([C@@H](O)CC)cc1)C(C)C. The molecule has 0 fully saturated rings. The Morgan fingerprint density at radius 3 is 2.12 bits per heavy atom. The average Bonchev–Trinajstić information content (AvgIpc) is 2.35. The van der Waals surface area contributed by atoms with E-state index in [0.29, 0.717) is 6.04 Å². The van der Waals surface area contributed by atoms with Crippen LogP contribution in [0.5, 0.6) is 0 Å². The second-order valence-corrected chi connectivity index (χ2v) is 4.80. The third-order valence-corrected chi connectivity index (χ3v) is 3.08. The van der Waals surface area contributed by atoms with Crippen LogP contribution in [0, 0.1) is 0 Å². The number of hydrogen-bond acceptors (Lipinski definition) is 2. The van der Waals surface area contributed by atoms with Crippen molar-refractivity contribution < 1.29 is 5.11 Å². The summed E-state index contributed by atoms with van der Waals surface area (Å²) in [5.74, 6) is 0. The number of anilines is 1. The van der Waals surface area contributed by atoms with E-state index in [1.54, 1.807) is 0 Å². The molecule has 1 rings (SSSR count). The molecule has 0 spiro atoms. The molecule has 17 heavy (non-hydrogen) atoms. The minimum Gasteiger partial charge on any atom is -0.388 e. The van der Waals surface area contributed by atoms with Gasteiger partial charge in [-0.15, -0.1) is 0 Å². The molecule has 0 aromatic heterocycles. The van der Waals surface area contributed by atoms with Gasteiger partial charge in [0, 0.05) is 18.3 Å². The maximum atomic E-state index is 9.76. The Hall–Kier alpha value is -1.02. The van der Waals surface area contributed by atoms with Gasteiger partial charge in [0.1, 0.15) is 0 Å². The maximum Gasteiger partial charge on any atom is 0.0787 e. The van der Waals surface area contributed by atoms with Crippen LogP contribution in [0.2, 0.25) is 0 Å². The van der Waals surface area contributed by atoms with Crippen molar-refractivity contribution in [2.45, 2.75) is 52.7 Å². The van der Waals surface area contributed by atoms with Crippen molar-refractivity contribution >= 4 is 5.69 Å². The third-order valence-electron chi connectivity index (χ3n) is 3.08. The second kappa shape index (κ2) is 6.65. The number of nitrogens with zero attached hydrogens (tertiary/aromatic N) is 1. The standard InChI is InChI=1S/C15H25NO/c1-5-11-16(12(3)4)14-9-7-13(8-10-14)15(17)6-2/h7-10,12,15,17H,5-6,11H2,1-4H3/t15-/m0/s1. The van der Waals surface area contributed by atoms with Crippen molar-refractivity contribution in [3.05, 3.63) is 29.8 Å². The van der Waals surface area contributed by atoms with E-state index in [4.69, 9.17) is 0 Å². The lowest BCUT2D eigenvalue weighted by molar-refractivity contribution is 0.173. The van der Waals surface area contributed by atoms with E-state index in [-0.39, 0.29) is 6.10 Å². The molecule has 1 aromatic carbocycles. The highest BCUT2D eigenvalue weighted by molar-refractivity contribution is 5.48. The van der Waals surface area contributed by atoms with E-state index in [0.717, 1.165) is 24.9 Å². The number of hydrogen-bond donors (Lipinski definition) is 1. The minimum atomic E-state index is -0.331. The fourth-order valence-electron chi connectivity index (χ4n) is 2.05. The Bertz CT molecular complexity index is 318. The number of benzene rings is 1. The van der Waals surface area contributed by atoms with Crippen molar-refractivity contribution in [1.82, 2.24) is 0 Å². The summed E-state index contributed by atoms with van der Waals surface area (Å²) in [6, 6.07) is 8.81. The van der Waals surface area contributed by atoms with Crippen molar-refractivity contribution in [2.24, 2.45) is 0 Å². The fraction of sp³-hybridized carbons (Fsp3) is 0.600. The predicted molar refractivity (Wildman–Crippen MR) is 74.5 cm³/mol. The third kappa shape index (κ3) is 3.74. The van der Waals surface area contributed by atoms with Gasteiger partial charge < -0.3 is 10.0 Å². The molecule has 1 atom stereocenters. The first-order chi connectivity index (χ1) is 8.10. The van der Waals surface area contributed by atoms with Crippen molar-refractivity contribution in [3.8, 4) is 0 Å². The van der Waals surface area contributed by atoms with Crippen LogP contribution < -0.4 is 4.90 Å². The van der Waals surface area contributed by atoms with Crippen molar-refractivity contribution in [2.75, 3.05) is 11.4 Å². The molecule has 0 unspecified atom stereocenters. The van der Waals surface area contributed by atoms with Crippen LogP contribution in [-0.2, 0) is 0 Å². The number of rotatable bonds is 6. The van der Waals surface area contributed by atoms with Gasteiger partial charge in [0.05, 0.1) is 6.10 Å². The Balaban J connectivity index is 2.84. The zero-order valence-corrected chi connectivity index (χ0v) is 11.5. The molecular weight excluding hydrogens is 210 g/mol. The summed E-state index contributed by atoms with van der Waals surface area (Å²) >= 11 is 0. The van der Waals surface area contributed by atoms with E-state index in [2.05, 4.69) is 37.8 Å². The fourth-order valence-corrected chi connectivity index (χ4v) is 2.05. The van der Waals surface area contributed by atoms with Crippen molar-refractivity contribution in [1.29, 1.82) is 0 Å². The monoisotopic (exact) mass is 235 g/mol. The van der Waals surface area contributed by atoms with Gasteiger partial charge in [-0.05, 0) is 44.4 Å². The number of aliphatic hydroxyl groups is 1. The van der Waals surface area contributed by atoms with Crippen LogP contribution in [-0.4, -0.2) is 17.7 Å². The summed E-state index contributed by atoms with van der Waals surface area (Å²) in [7, 11) is 0. The van der Waals surface area contributed by atoms with E-state index < -0.39 is 0 Å². The molecule has 0 aliphatic carbocycles. The van der Waals surface area contributed by atoms with E-state index in [9.17, 15) is 5.11 Å². The second-order valence-electron chi connectivity index (χ2n) is 4.80. The first-order valence-electron chi connectivity index (χ1n) is 6.64. The molecule has 0 heterocycles. The highest BCUT2D eigenvalue weighted by Gasteiger charge is 2.10. The van der Waals surface area contributed by atoms with Crippen LogP contribution in [0.15, 0.2) is 24.3 Å². The summed E-state index contributed by atoms with van der Waals surface area (Å²) in [6.07, 6.45) is 1.59. The smallest absolute Gasteiger partial charge is 0.0787 e. The van der Waals surface area contributed by atoms with E-state index >= 15 is 0 Å². The van der Waals surface area contributed by atoms with Gasteiger partial charge in [-0.25, -0.2) is 0 Å². The van der Waals surface area contributed by atoms with Crippen LogP contribution in [0.1, 0.15) is 52.2 Å². The summed E-state index contributed by atoms with van der Waals surface area (Å²) in [5, 5.41) is 9.76. The molecule has 2 nitrogen and oxygen atoms in total. The van der Waals surface area contributed by atoms with Gasteiger partial charge in [0.25, 0.3) is 0 Å². The average molecular weight is 235 g/mol. The topological polar surface area (TPSA) is 23.5 Å². The van der Waals surface area contributed by atoms with Gasteiger partial charge in [0.15, 0.2) is 0 Å². The van der Waals surface area contributed by atoms with Gasteiger partial charge >= 0.3 is 0 Å². The Kier molecular flexibility index (Phi) is 5.49. The molecule has 0 aliphatic heterocycles. The first-order valence-corrected chi connectivity index (χ1v) is 6.64. The molecule has 0 aliphatic rings. The zero-order chi connectivity index (χ0) is 12.8. The Morgan fingerprint density at radius 1 is 1.12 bits per heavy atom. The molecular formula is C15H25NO. The predicted octanol–water partition coefficient (Wildman–Crippen LogP) is 3.75. The van der Waals surface area contributed by atoms with Gasteiger partial charge in [0.2, 0.25) is 0 Å². The summed E-state index contributed by atoms with van der Waals surface area (Å²) < 4.78 is 0. The summed E-state index contributed by atoms with van der Waals surface area (Å²) in [5.41, 5.74) is 2.25. The zero-order valence-electron chi connectivity index (χ0n) is 11.5. The Labute approximate surface area is 105 Å². The van der Waals surface area contributed by atoms with E-state index in [1.807, 2.05) is 19.1 Å². The normalized spacial score (nSPS) is 12.8. The number of aliphatic hydroxyl groups excluding tert-OH is 1. The van der Waals surface area contributed by atoms with Gasteiger partial charge in [-0.1, -0.05) is 26.0 Å². The van der Waals surface area contributed by atoms with Crippen molar-refractivity contribution in [3.63, 3.8) is 0 Å². The molecule has 2 heteroatoms.